The molecular weight excluding hydrogens is 293 g/mol. The van der Waals surface area contributed by atoms with Crippen molar-refractivity contribution in [2.24, 2.45) is 0 Å². The average Bonchev–Trinajstić information content (AvgIpc) is 2.93. The molecule has 20 heavy (non-hydrogen) atoms. The van der Waals surface area contributed by atoms with Gasteiger partial charge in [0.25, 0.3) is 0 Å². The van der Waals surface area contributed by atoms with Gasteiger partial charge >= 0.3 is 0 Å². The van der Waals surface area contributed by atoms with Crippen LogP contribution in [0.5, 0.6) is 0 Å². The van der Waals surface area contributed by atoms with Crippen LogP contribution in [0.2, 0.25) is 5.02 Å². The Morgan fingerprint density at radius 3 is 2.85 bits per heavy atom. The lowest BCUT2D eigenvalue weighted by atomic mass is 10.00. The van der Waals surface area contributed by atoms with Gasteiger partial charge in [0.1, 0.15) is 5.82 Å². The molecule has 0 saturated heterocycles. The number of benzene rings is 1. The van der Waals surface area contributed by atoms with Crippen molar-refractivity contribution in [2.45, 2.75) is 32.2 Å². The summed E-state index contributed by atoms with van der Waals surface area (Å²) < 4.78 is 13.8. The SMILES string of the molecule is CCCNC(Cc1ccsc1)Cc1cc(Cl)ccc1F. The lowest BCUT2D eigenvalue weighted by Gasteiger charge is -2.18. The van der Waals surface area contributed by atoms with E-state index in [0.717, 1.165) is 19.4 Å². The van der Waals surface area contributed by atoms with Crippen LogP contribution in [0.15, 0.2) is 35.0 Å². The zero-order valence-electron chi connectivity index (χ0n) is 11.5. The van der Waals surface area contributed by atoms with Gasteiger partial charge < -0.3 is 5.32 Å². The fourth-order valence-electron chi connectivity index (χ4n) is 2.22. The summed E-state index contributed by atoms with van der Waals surface area (Å²) in [5.74, 6) is -0.178. The molecule has 0 aliphatic carbocycles. The first kappa shape index (κ1) is 15.5. The molecule has 1 N–H and O–H groups in total. The van der Waals surface area contributed by atoms with Gasteiger partial charge in [-0.2, -0.15) is 11.3 Å². The van der Waals surface area contributed by atoms with E-state index >= 15 is 0 Å². The van der Waals surface area contributed by atoms with Gasteiger partial charge in [-0.3, -0.25) is 0 Å². The van der Waals surface area contributed by atoms with E-state index < -0.39 is 0 Å². The number of hydrogen-bond donors (Lipinski definition) is 1. The smallest absolute Gasteiger partial charge is 0.126 e. The first-order valence-electron chi connectivity index (χ1n) is 6.87. The Morgan fingerprint density at radius 1 is 1.30 bits per heavy atom. The minimum Gasteiger partial charge on any atom is -0.313 e. The number of rotatable bonds is 7. The maximum Gasteiger partial charge on any atom is 0.126 e. The van der Waals surface area contributed by atoms with Gasteiger partial charge in [-0.25, -0.2) is 4.39 Å². The van der Waals surface area contributed by atoms with Crippen LogP contribution in [-0.4, -0.2) is 12.6 Å². The first-order chi connectivity index (χ1) is 9.69. The third kappa shape index (κ3) is 4.58. The molecule has 1 aromatic heterocycles. The highest BCUT2D eigenvalue weighted by Gasteiger charge is 2.13. The van der Waals surface area contributed by atoms with Gasteiger partial charge in [0.15, 0.2) is 0 Å². The first-order valence-corrected chi connectivity index (χ1v) is 8.19. The largest absolute Gasteiger partial charge is 0.313 e. The van der Waals surface area contributed by atoms with Crippen molar-refractivity contribution in [3.05, 3.63) is 57.0 Å². The van der Waals surface area contributed by atoms with E-state index in [1.807, 2.05) is 0 Å². The maximum atomic E-state index is 13.8. The normalized spacial score (nSPS) is 12.6. The molecule has 1 aromatic carbocycles. The Bertz CT molecular complexity index is 527. The molecular formula is C16H19ClFNS. The van der Waals surface area contributed by atoms with Crippen LogP contribution in [0.25, 0.3) is 0 Å². The summed E-state index contributed by atoms with van der Waals surface area (Å²) in [5, 5.41) is 8.31. The second-order valence-corrected chi connectivity index (χ2v) is 6.14. The predicted molar refractivity (Wildman–Crippen MR) is 85.2 cm³/mol. The highest BCUT2D eigenvalue weighted by Crippen LogP contribution is 2.18. The van der Waals surface area contributed by atoms with E-state index in [4.69, 9.17) is 11.6 Å². The molecule has 4 heteroatoms. The van der Waals surface area contributed by atoms with Crippen molar-refractivity contribution in [2.75, 3.05) is 6.54 Å². The van der Waals surface area contributed by atoms with Gasteiger partial charge in [0, 0.05) is 11.1 Å². The zero-order valence-corrected chi connectivity index (χ0v) is 13.1. The molecule has 0 fully saturated rings. The highest BCUT2D eigenvalue weighted by molar-refractivity contribution is 7.07. The summed E-state index contributed by atoms with van der Waals surface area (Å²) in [4.78, 5) is 0. The van der Waals surface area contributed by atoms with Gasteiger partial charge in [0.05, 0.1) is 0 Å². The van der Waals surface area contributed by atoms with Crippen LogP contribution >= 0.6 is 22.9 Å². The maximum absolute atomic E-state index is 13.8. The van der Waals surface area contributed by atoms with Crippen molar-refractivity contribution in [1.29, 1.82) is 0 Å². The van der Waals surface area contributed by atoms with E-state index in [-0.39, 0.29) is 11.9 Å². The molecule has 1 atom stereocenters. The van der Waals surface area contributed by atoms with Crippen molar-refractivity contribution in [1.82, 2.24) is 5.32 Å². The van der Waals surface area contributed by atoms with Crippen LogP contribution < -0.4 is 5.32 Å². The minimum atomic E-state index is -0.178. The van der Waals surface area contributed by atoms with Crippen molar-refractivity contribution in [3.63, 3.8) is 0 Å². The summed E-state index contributed by atoms with van der Waals surface area (Å²) >= 11 is 7.66. The molecule has 2 rings (SSSR count). The van der Waals surface area contributed by atoms with E-state index in [1.165, 1.54) is 11.6 Å². The molecule has 0 bridgehead atoms. The summed E-state index contributed by atoms with van der Waals surface area (Å²) in [6, 6.07) is 7.12. The minimum absolute atomic E-state index is 0.178. The van der Waals surface area contributed by atoms with Crippen LogP contribution in [0, 0.1) is 5.82 Å². The molecule has 108 valence electrons. The molecule has 0 spiro atoms. The van der Waals surface area contributed by atoms with Crippen molar-refractivity contribution < 1.29 is 4.39 Å². The van der Waals surface area contributed by atoms with Crippen molar-refractivity contribution >= 4 is 22.9 Å². The molecule has 0 aliphatic rings. The second kappa shape index (κ2) is 7.77. The lowest BCUT2D eigenvalue weighted by molar-refractivity contribution is 0.493. The van der Waals surface area contributed by atoms with E-state index in [0.29, 0.717) is 17.0 Å². The quantitative estimate of drug-likeness (QED) is 0.782. The Balaban J connectivity index is 2.08. The fourth-order valence-corrected chi connectivity index (χ4v) is 3.10. The highest BCUT2D eigenvalue weighted by atomic mass is 35.5. The molecule has 1 unspecified atom stereocenters. The predicted octanol–water partition coefficient (Wildman–Crippen LogP) is 4.69. The number of hydrogen-bond acceptors (Lipinski definition) is 2. The summed E-state index contributed by atoms with van der Waals surface area (Å²) in [7, 11) is 0. The summed E-state index contributed by atoms with van der Waals surface area (Å²) in [6.45, 7) is 3.08. The molecule has 0 aliphatic heterocycles. The Hall–Kier alpha value is -0.900. The Labute approximate surface area is 128 Å². The summed E-state index contributed by atoms with van der Waals surface area (Å²) in [6.07, 6.45) is 2.63. The molecule has 1 nitrogen and oxygen atoms in total. The standard InChI is InChI=1S/C16H19ClFNS/c1-2-6-19-15(8-12-5-7-20-11-12)10-13-9-14(17)3-4-16(13)18/h3-5,7,9,11,15,19H,2,6,8,10H2,1H3. The Morgan fingerprint density at radius 2 is 2.15 bits per heavy atom. The van der Waals surface area contributed by atoms with Crippen LogP contribution in [0.1, 0.15) is 24.5 Å². The number of thiophene rings is 1. The van der Waals surface area contributed by atoms with Gasteiger partial charge in [0.2, 0.25) is 0 Å². The van der Waals surface area contributed by atoms with Gasteiger partial charge in [-0.15, -0.1) is 0 Å². The second-order valence-electron chi connectivity index (χ2n) is 4.93. The zero-order chi connectivity index (χ0) is 14.4. The van der Waals surface area contributed by atoms with E-state index in [9.17, 15) is 4.39 Å². The van der Waals surface area contributed by atoms with Gasteiger partial charge in [-0.1, -0.05) is 18.5 Å². The van der Waals surface area contributed by atoms with Gasteiger partial charge in [-0.05, 0) is 72.0 Å². The fraction of sp³-hybridized carbons (Fsp3) is 0.375. The molecule has 0 amide bonds. The van der Waals surface area contributed by atoms with Crippen molar-refractivity contribution in [3.8, 4) is 0 Å². The van der Waals surface area contributed by atoms with Crippen LogP contribution in [0.3, 0.4) is 0 Å². The molecule has 2 aromatic rings. The van der Waals surface area contributed by atoms with E-state index in [1.54, 1.807) is 23.5 Å². The molecule has 1 heterocycles. The summed E-state index contributed by atoms with van der Waals surface area (Å²) in [5.41, 5.74) is 1.98. The molecule has 0 radical (unpaired) electrons. The third-order valence-electron chi connectivity index (χ3n) is 3.22. The number of halogens is 2. The topological polar surface area (TPSA) is 12.0 Å². The van der Waals surface area contributed by atoms with E-state index in [2.05, 4.69) is 29.1 Å². The van der Waals surface area contributed by atoms with Crippen LogP contribution in [-0.2, 0) is 12.8 Å². The average molecular weight is 312 g/mol. The molecule has 0 saturated carbocycles. The lowest BCUT2D eigenvalue weighted by Crippen LogP contribution is -2.34. The third-order valence-corrected chi connectivity index (χ3v) is 4.19. The monoisotopic (exact) mass is 311 g/mol. The Kier molecular flexibility index (Phi) is 6.02. The van der Waals surface area contributed by atoms with Crippen LogP contribution in [0.4, 0.5) is 4.39 Å². The number of nitrogens with one attached hydrogen (secondary N) is 1.